The van der Waals surface area contributed by atoms with E-state index in [0.717, 1.165) is 12.7 Å². The van der Waals surface area contributed by atoms with Gasteiger partial charge in [-0.25, -0.2) is 0 Å². The molecule has 9 heteroatoms. The lowest BCUT2D eigenvalue weighted by molar-refractivity contribution is -0.138. The van der Waals surface area contributed by atoms with E-state index < -0.39 is 12.0 Å². The Balaban J connectivity index is 1.85. The van der Waals surface area contributed by atoms with Crippen LogP contribution in [0.25, 0.3) is 0 Å². The third-order valence-electron chi connectivity index (χ3n) is 4.34. The minimum atomic E-state index is -1.05. The highest BCUT2D eigenvalue weighted by Crippen LogP contribution is 2.34. The molecule has 4 N–H and O–H groups in total. The Morgan fingerprint density at radius 3 is 2.47 bits per heavy atom. The van der Waals surface area contributed by atoms with Gasteiger partial charge in [-0.1, -0.05) is 6.07 Å². The number of nitrogens with zero attached hydrogens (tertiary/aromatic N) is 1. The zero-order valence-electron chi connectivity index (χ0n) is 15.6. The molecular formula is C21H18I2N2O5. The molecule has 0 saturated carbocycles. The minimum absolute atomic E-state index is 0.0699. The first-order chi connectivity index (χ1) is 14.2. The average molecular weight is 632 g/mol. The van der Waals surface area contributed by atoms with Gasteiger partial charge in [0.25, 0.3) is 5.56 Å². The Bertz CT molecular complexity index is 1120. The van der Waals surface area contributed by atoms with Crippen LogP contribution in [0.4, 0.5) is 0 Å². The summed E-state index contributed by atoms with van der Waals surface area (Å²) in [6.07, 6.45) is 1.87. The van der Waals surface area contributed by atoms with Crippen molar-refractivity contribution in [2.24, 2.45) is 5.73 Å². The summed E-state index contributed by atoms with van der Waals surface area (Å²) in [6.45, 7) is 0.211. The van der Waals surface area contributed by atoms with Gasteiger partial charge < -0.3 is 25.3 Å². The normalized spacial score (nSPS) is 11.8. The number of hydrogen-bond donors (Lipinski definition) is 3. The second kappa shape index (κ2) is 9.79. The summed E-state index contributed by atoms with van der Waals surface area (Å²) in [5, 5.41) is 19.2. The predicted octanol–water partition coefficient (Wildman–Crippen LogP) is 3.56. The Hall–Kier alpha value is -2.12. The molecular weight excluding hydrogens is 614 g/mol. The summed E-state index contributed by atoms with van der Waals surface area (Å²) in [7, 11) is 0. The van der Waals surface area contributed by atoms with Gasteiger partial charge in [0.2, 0.25) is 0 Å². The number of hydrogen-bond acceptors (Lipinski definition) is 5. The van der Waals surface area contributed by atoms with E-state index in [4.69, 9.17) is 15.6 Å². The summed E-state index contributed by atoms with van der Waals surface area (Å²) >= 11 is 4.26. The van der Waals surface area contributed by atoms with Crippen LogP contribution >= 0.6 is 45.2 Å². The lowest BCUT2D eigenvalue weighted by Crippen LogP contribution is -2.32. The fourth-order valence-electron chi connectivity index (χ4n) is 2.81. The number of pyridine rings is 1. The number of rotatable bonds is 7. The van der Waals surface area contributed by atoms with Crippen LogP contribution in [0.1, 0.15) is 11.1 Å². The zero-order valence-corrected chi connectivity index (χ0v) is 19.9. The summed E-state index contributed by atoms with van der Waals surface area (Å²) in [5.41, 5.74) is 6.82. The maximum Gasteiger partial charge on any atom is 0.320 e. The van der Waals surface area contributed by atoms with E-state index >= 15 is 0 Å². The Morgan fingerprint density at radius 1 is 1.13 bits per heavy atom. The maximum absolute atomic E-state index is 12.0. The highest BCUT2D eigenvalue weighted by atomic mass is 127. The molecule has 156 valence electrons. The van der Waals surface area contributed by atoms with Gasteiger partial charge in [-0.15, -0.1) is 0 Å². The third kappa shape index (κ3) is 5.52. The van der Waals surface area contributed by atoms with E-state index in [9.17, 15) is 14.7 Å². The molecule has 30 heavy (non-hydrogen) atoms. The van der Waals surface area contributed by atoms with E-state index in [1.54, 1.807) is 30.5 Å². The van der Waals surface area contributed by atoms with E-state index in [0.29, 0.717) is 17.1 Å². The number of phenols is 1. The fourth-order valence-corrected chi connectivity index (χ4v) is 4.93. The first-order valence-corrected chi connectivity index (χ1v) is 11.0. The molecule has 1 heterocycles. The molecule has 0 bridgehead atoms. The molecule has 0 aliphatic heterocycles. The lowest BCUT2D eigenvalue weighted by atomic mass is 10.1. The molecule has 3 aromatic rings. The first-order valence-electron chi connectivity index (χ1n) is 8.86. The molecule has 7 nitrogen and oxygen atoms in total. The van der Waals surface area contributed by atoms with E-state index in [1.807, 2.05) is 12.1 Å². The summed E-state index contributed by atoms with van der Waals surface area (Å²) in [5.74, 6) is 0.157. The van der Waals surface area contributed by atoms with Gasteiger partial charge in [-0.3, -0.25) is 9.59 Å². The number of benzene rings is 2. The Labute approximate surface area is 199 Å². The molecule has 2 aromatic carbocycles. The number of carboxylic acids is 1. The number of aliphatic carboxylic acids is 1. The molecule has 0 spiro atoms. The molecule has 0 unspecified atom stereocenters. The fraction of sp³-hybridized carbons (Fsp3) is 0.143. The maximum atomic E-state index is 12.0. The number of ether oxygens (including phenoxy) is 1. The van der Waals surface area contributed by atoms with Crippen molar-refractivity contribution in [2.45, 2.75) is 19.0 Å². The quantitative estimate of drug-likeness (QED) is 0.344. The van der Waals surface area contributed by atoms with Gasteiger partial charge in [-0.2, -0.15) is 0 Å². The van der Waals surface area contributed by atoms with E-state index in [2.05, 4.69) is 45.2 Å². The molecule has 0 fully saturated rings. The average Bonchev–Trinajstić information content (AvgIpc) is 2.68. The van der Waals surface area contributed by atoms with Gasteiger partial charge in [0.1, 0.15) is 17.5 Å². The zero-order chi connectivity index (χ0) is 21.8. The standard InChI is InChI=1S/C21H18I2N2O5/c22-15-7-12(9-17(24)21(28)29)8-16(23)20(15)30-14-4-5-18(26)13(10-14)11-25-6-2-1-3-19(25)27/h1-8,10,17,26H,9,11,24H2,(H,28,29)/t17-/m1/s1. The van der Waals surface area contributed by atoms with Crippen molar-refractivity contribution < 1.29 is 19.7 Å². The second-order valence-corrected chi connectivity index (χ2v) is 8.92. The molecule has 0 aliphatic rings. The molecule has 3 rings (SSSR count). The minimum Gasteiger partial charge on any atom is -0.508 e. The topological polar surface area (TPSA) is 115 Å². The number of aromatic nitrogens is 1. The Morgan fingerprint density at radius 2 is 1.83 bits per heavy atom. The van der Waals surface area contributed by atoms with Crippen molar-refractivity contribution in [3.8, 4) is 17.2 Å². The molecule has 0 aliphatic carbocycles. The molecule has 0 radical (unpaired) electrons. The van der Waals surface area contributed by atoms with Crippen molar-refractivity contribution in [3.05, 3.63) is 83.3 Å². The highest BCUT2D eigenvalue weighted by Gasteiger charge is 2.16. The van der Waals surface area contributed by atoms with Crippen LogP contribution in [-0.4, -0.2) is 26.8 Å². The number of carboxylic acid groups (broad SMARTS) is 1. The van der Waals surface area contributed by atoms with Crippen molar-refractivity contribution >= 4 is 51.2 Å². The van der Waals surface area contributed by atoms with Gasteiger partial charge >= 0.3 is 5.97 Å². The van der Waals surface area contributed by atoms with Crippen LogP contribution in [0.2, 0.25) is 0 Å². The molecule has 0 amide bonds. The number of nitrogens with two attached hydrogens (primary N) is 1. The van der Waals surface area contributed by atoms with Crippen LogP contribution in [-0.2, 0) is 17.8 Å². The number of phenolic OH excluding ortho intramolecular Hbond substituents is 1. The van der Waals surface area contributed by atoms with Crippen LogP contribution in [0, 0.1) is 7.14 Å². The number of aromatic hydroxyl groups is 1. The predicted molar refractivity (Wildman–Crippen MR) is 129 cm³/mol. The van der Waals surface area contributed by atoms with Crippen LogP contribution < -0.4 is 16.0 Å². The van der Waals surface area contributed by atoms with Gasteiger partial charge in [0, 0.05) is 17.8 Å². The lowest BCUT2D eigenvalue weighted by Gasteiger charge is -2.15. The second-order valence-electron chi connectivity index (χ2n) is 6.60. The largest absolute Gasteiger partial charge is 0.508 e. The summed E-state index contributed by atoms with van der Waals surface area (Å²) < 4.78 is 9.16. The van der Waals surface area contributed by atoms with Gasteiger partial charge in [0.05, 0.1) is 13.7 Å². The van der Waals surface area contributed by atoms with Crippen molar-refractivity contribution in [3.63, 3.8) is 0 Å². The van der Waals surface area contributed by atoms with Gasteiger partial charge in [0.15, 0.2) is 5.75 Å². The molecule has 1 aromatic heterocycles. The van der Waals surface area contributed by atoms with Crippen molar-refractivity contribution in [1.29, 1.82) is 0 Å². The molecule has 0 saturated heterocycles. The van der Waals surface area contributed by atoms with E-state index in [-0.39, 0.29) is 24.3 Å². The van der Waals surface area contributed by atoms with E-state index in [1.165, 1.54) is 16.7 Å². The first kappa shape index (κ1) is 22.6. The van der Waals surface area contributed by atoms with Crippen LogP contribution in [0.15, 0.2) is 59.5 Å². The van der Waals surface area contributed by atoms with Crippen LogP contribution in [0.5, 0.6) is 17.2 Å². The number of halogens is 2. The van der Waals surface area contributed by atoms with Gasteiger partial charge in [-0.05, 0) is 93.6 Å². The Kier molecular flexibility index (Phi) is 7.36. The number of carbonyl (C=O) groups is 1. The smallest absolute Gasteiger partial charge is 0.320 e. The summed E-state index contributed by atoms with van der Waals surface area (Å²) in [6, 6.07) is 12.4. The highest BCUT2D eigenvalue weighted by molar-refractivity contribution is 14.1. The SMILES string of the molecule is N[C@H](Cc1cc(I)c(Oc2ccc(O)c(Cn3ccccc3=O)c2)c(I)c1)C(=O)O. The van der Waals surface area contributed by atoms with Crippen LogP contribution in [0.3, 0.4) is 0 Å². The van der Waals surface area contributed by atoms with Crippen molar-refractivity contribution in [1.82, 2.24) is 4.57 Å². The summed E-state index contributed by atoms with van der Waals surface area (Å²) in [4.78, 5) is 23.0. The monoisotopic (exact) mass is 632 g/mol. The molecule has 1 atom stereocenters. The van der Waals surface area contributed by atoms with Crippen molar-refractivity contribution in [2.75, 3.05) is 0 Å². The third-order valence-corrected chi connectivity index (χ3v) is 5.94.